The van der Waals surface area contributed by atoms with Gasteiger partial charge in [-0.25, -0.2) is 4.98 Å². The number of imidazole rings is 1. The van der Waals surface area contributed by atoms with Gasteiger partial charge in [0.25, 0.3) is 0 Å². The number of fused-ring (bicyclic) bond motifs is 3. The van der Waals surface area contributed by atoms with Crippen molar-refractivity contribution in [1.29, 1.82) is 0 Å². The molecule has 0 radical (unpaired) electrons. The molecule has 92 valence electrons. The number of phenolic OH excluding ortho intramolecular Hbond substituents is 1. The van der Waals surface area contributed by atoms with E-state index < -0.39 is 0 Å². The lowest BCUT2D eigenvalue weighted by Crippen LogP contribution is -1.99. The number of aromatic hydroxyl groups is 1. The van der Waals surface area contributed by atoms with Gasteiger partial charge in [-0.15, -0.1) is 0 Å². The Hall–Kier alpha value is -2.10. The van der Waals surface area contributed by atoms with E-state index >= 15 is 0 Å². The number of pyridine rings is 1. The van der Waals surface area contributed by atoms with E-state index in [0.29, 0.717) is 0 Å². The Balaban J connectivity index is 2.46. The molecule has 3 aromatic rings. The van der Waals surface area contributed by atoms with E-state index in [0.717, 1.165) is 40.7 Å². The molecule has 0 aliphatic rings. The number of aryl methyl sites for hydroxylation is 2. The summed E-state index contributed by atoms with van der Waals surface area (Å²) in [7, 11) is 0. The molecule has 0 aliphatic carbocycles. The summed E-state index contributed by atoms with van der Waals surface area (Å²) in [5.41, 5.74) is 2.84. The van der Waals surface area contributed by atoms with Crippen LogP contribution in [0.2, 0.25) is 0 Å². The summed E-state index contributed by atoms with van der Waals surface area (Å²) < 4.78 is 2.19. The second kappa shape index (κ2) is 3.98. The summed E-state index contributed by atoms with van der Waals surface area (Å²) >= 11 is 0. The maximum Gasteiger partial charge on any atom is 0.116 e. The number of hydrogen-bond acceptors (Lipinski definition) is 3. The molecule has 1 aromatic carbocycles. The fourth-order valence-corrected chi connectivity index (χ4v) is 2.42. The Labute approximate surface area is 105 Å². The first kappa shape index (κ1) is 11.0. The number of aromatic nitrogens is 3. The van der Waals surface area contributed by atoms with E-state index in [-0.39, 0.29) is 5.75 Å². The first-order valence-corrected chi connectivity index (χ1v) is 6.15. The number of rotatable bonds is 2. The van der Waals surface area contributed by atoms with Crippen LogP contribution in [-0.2, 0) is 6.54 Å². The Bertz CT molecular complexity index is 731. The van der Waals surface area contributed by atoms with Crippen molar-refractivity contribution in [2.24, 2.45) is 0 Å². The van der Waals surface area contributed by atoms with Crippen LogP contribution in [0.1, 0.15) is 19.2 Å². The molecule has 0 aliphatic heterocycles. The number of nitrogens with zero attached hydrogens (tertiary/aromatic N) is 3. The summed E-state index contributed by atoms with van der Waals surface area (Å²) in [6.45, 7) is 5.08. The maximum absolute atomic E-state index is 9.66. The van der Waals surface area contributed by atoms with Crippen LogP contribution >= 0.6 is 0 Å². The van der Waals surface area contributed by atoms with Crippen molar-refractivity contribution in [1.82, 2.24) is 14.5 Å². The summed E-state index contributed by atoms with van der Waals surface area (Å²) in [6.07, 6.45) is 2.85. The molecule has 3 rings (SSSR count). The minimum Gasteiger partial charge on any atom is -0.508 e. The highest BCUT2D eigenvalue weighted by Gasteiger charge is 2.11. The molecule has 0 spiro atoms. The van der Waals surface area contributed by atoms with Crippen molar-refractivity contribution in [3.63, 3.8) is 0 Å². The Kier molecular flexibility index (Phi) is 2.44. The zero-order valence-electron chi connectivity index (χ0n) is 10.5. The van der Waals surface area contributed by atoms with Gasteiger partial charge in [-0.3, -0.25) is 4.98 Å². The van der Waals surface area contributed by atoms with Crippen molar-refractivity contribution in [2.45, 2.75) is 26.8 Å². The van der Waals surface area contributed by atoms with Crippen LogP contribution in [0.25, 0.3) is 21.9 Å². The zero-order chi connectivity index (χ0) is 12.7. The minimum atomic E-state index is 0.263. The van der Waals surface area contributed by atoms with Crippen LogP contribution < -0.4 is 0 Å². The lowest BCUT2D eigenvalue weighted by Gasteiger charge is -2.07. The minimum absolute atomic E-state index is 0.263. The molecule has 0 bridgehead atoms. The molecular formula is C14H15N3O. The van der Waals surface area contributed by atoms with E-state index in [1.165, 1.54) is 0 Å². The number of phenols is 1. The monoisotopic (exact) mass is 241 g/mol. The Morgan fingerprint density at radius 1 is 1.28 bits per heavy atom. The van der Waals surface area contributed by atoms with Crippen LogP contribution in [-0.4, -0.2) is 19.6 Å². The van der Waals surface area contributed by atoms with E-state index in [2.05, 4.69) is 21.5 Å². The van der Waals surface area contributed by atoms with Crippen LogP contribution in [0, 0.1) is 6.92 Å². The van der Waals surface area contributed by atoms with Crippen molar-refractivity contribution in [3.05, 3.63) is 30.2 Å². The molecule has 2 heterocycles. The zero-order valence-corrected chi connectivity index (χ0v) is 10.5. The van der Waals surface area contributed by atoms with E-state index in [1.54, 1.807) is 18.3 Å². The van der Waals surface area contributed by atoms with Crippen LogP contribution in [0.3, 0.4) is 0 Å². The lowest BCUT2D eigenvalue weighted by atomic mass is 10.2. The highest BCUT2D eigenvalue weighted by atomic mass is 16.3. The summed E-state index contributed by atoms with van der Waals surface area (Å²) in [5, 5.41) is 10.6. The quantitative estimate of drug-likeness (QED) is 0.750. The van der Waals surface area contributed by atoms with E-state index in [4.69, 9.17) is 0 Å². The predicted molar refractivity (Wildman–Crippen MR) is 71.7 cm³/mol. The average molecular weight is 241 g/mol. The standard InChI is InChI=1S/C14H15N3O/c1-3-6-17-9(2)16-13-8-15-12-5-4-10(18)7-11(12)14(13)17/h4-5,7-8,18H,3,6H2,1-2H3. The van der Waals surface area contributed by atoms with Gasteiger partial charge in [-0.1, -0.05) is 6.92 Å². The molecule has 0 fully saturated rings. The summed E-state index contributed by atoms with van der Waals surface area (Å²) in [6, 6.07) is 5.26. The summed E-state index contributed by atoms with van der Waals surface area (Å²) in [4.78, 5) is 8.91. The van der Waals surface area contributed by atoms with E-state index in [9.17, 15) is 5.11 Å². The average Bonchev–Trinajstić information content (AvgIpc) is 2.67. The normalized spacial score (nSPS) is 11.4. The smallest absolute Gasteiger partial charge is 0.116 e. The van der Waals surface area contributed by atoms with Gasteiger partial charge < -0.3 is 9.67 Å². The molecule has 0 saturated heterocycles. The van der Waals surface area contributed by atoms with Gasteiger partial charge in [-0.05, 0) is 31.5 Å². The molecule has 0 unspecified atom stereocenters. The van der Waals surface area contributed by atoms with Crippen LogP contribution in [0.4, 0.5) is 0 Å². The van der Waals surface area contributed by atoms with Crippen molar-refractivity contribution >= 4 is 21.9 Å². The van der Waals surface area contributed by atoms with Gasteiger partial charge in [0.2, 0.25) is 0 Å². The van der Waals surface area contributed by atoms with Crippen molar-refractivity contribution < 1.29 is 5.11 Å². The number of benzene rings is 1. The van der Waals surface area contributed by atoms with Gasteiger partial charge in [0, 0.05) is 11.9 Å². The first-order chi connectivity index (χ1) is 8.70. The summed E-state index contributed by atoms with van der Waals surface area (Å²) in [5.74, 6) is 1.25. The molecule has 0 atom stereocenters. The Morgan fingerprint density at radius 3 is 2.89 bits per heavy atom. The SMILES string of the molecule is CCCn1c(C)nc2cnc3ccc(O)cc3c21. The van der Waals surface area contributed by atoms with Gasteiger partial charge in [0.1, 0.15) is 17.1 Å². The highest BCUT2D eigenvalue weighted by molar-refractivity contribution is 6.02. The lowest BCUT2D eigenvalue weighted by molar-refractivity contribution is 0.476. The largest absolute Gasteiger partial charge is 0.508 e. The van der Waals surface area contributed by atoms with E-state index in [1.807, 2.05) is 13.0 Å². The molecule has 2 aromatic heterocycles. The molecule has 0 saturated carbocycles. The maximum atomic E-state index is 9.66. The molecule has 4 nitrogen and oxygen atoms in total. The second-order valence-corrected chi connectivity index (χ2v) is 4.50. The fourth-order valence-electron chi connectivity index (χ4n) is 2.42. The van der Waals surface area contributed by atoms with Gasteiger partial charge in [0.05, 0.1) is 17.2 Å². The first-order valence-electron chi connectivity index (χ1n) is 6.15. The Morgan fingerprint density at radius 2 is 2.11 bits per heavy atom. The van der Waals surface area contributed by atoms with Crippen molar-refractivity contribution in [3.8, 4) is 5.75 Å². The molecule has 0 amide bonds. The third kappa shape index (κ3) is 1.53. The highest BCUT2D eigenvalue weighted by Crippen LogP contribution is 2.27. The van der Waals surface area contributed by atoms with Crippen LogP contribution in [0.15, 0.2) is 24.4 Å². The predicted octanol–water partition coefficient (Wildman–Crippen LogP) is 3.01. The van der Waals surface area contributed by atoms with Gasteiger partial charge >= 0.3 is 0 Å². The molecular weight excluding hydrogens is 226 g/mol. The molecule has 1 N–H and O–H groups in total. The molecule has 18 heavy (non-hydrogen) atoms. The third-order valence-corrected chi connectivity index (χ3v) is 3.19. The second-order valence-electron chi connectivity index (χ2n) is 4.50. The third-order valence-electron chi connectivity index (χ3n) is 3.19. The topological polar surface area (TPSA) is 50.9 Å². The molecule has 4 heteroatoms. The number of hydrogen-bond donors (Lipinski definition) is 1. The van der Waals surface area contributed by atoms with Crippen LogP contribution in [0.5, 0.6) is 5.75 Å². The van der Waals surface area contributed by atoms with Gasteiger partial charge in [0.15, 0.2) is 0 Å². The fraction of sp³-hybridized carbons (Fsp3) is 0.286. The van der Waals surface area contributed by atoms with Gasteiger partial charge in [-0.2, -0.15) is 0 Å². The van der Waals surface area contributed by atoms with Crippen molar-refractivity contribution in [2.75, 3.05) is 0 Å².